The number of rotatable bonds is 2. The quantitative estimate of drug-likeness (QED) is 0.844. The maximum Gasteiger partial charge on any atom is 0.356 e. The number of aromatic carboxylic acids is 1. The van der Waals surface area contributed by atoms with Gasteiger partial charge in [0.15, 0.2) is 5.69 Å². The molecule has 3 rings (SSSR count). The van der Waals surface area contributed by atoms with Gasteiger partial charge in [-0.15, -0.1) is 0 Å². The first-order valence-electron chi connectivity index (χ1n) is 5.82. The van der Waals surface area contributed by atoms with E-state index >= 15 is 0 Å². The molecule has 0 radical (unpaired) electrons. The average molecular weight is 243 g/mol. The minimum atomic E-state index is -1.00. The van der Waals surface area contributed by atoms with E-state index in [1.165, 1.54) is 5.56 Å². The van der Waals surface area contributed by atoms with Crippen molar-refractivity contribution in [2.24, 2.45) is 0 Å². The highest BCUT2D eigenvalue weighted by Crippen LogP contribution is 2.25. The molecule has 0 bridgehead atoms. The molecule has 0 amide bonds. The van der Waals surface area contributed by atoms with E-state index in [4.69, 9.17) is 5.11 Å². The van der Waals surface area contributed by atoms with Gasteiger partial charge in [-0.1, -0.05) is 6.07 Å². The molecule has 0 aliphatic carbocycles. The zero-order valence-electron chi connectivity index (χ0n) is 9.97. The Morgan fingerprint density at radius 3 is 3.00 bits per heavy atom. The summed E-state index contributed by atoms with van der Waals surface area (Å²) in [5.41, 5.74) is 4.17. The van der Waals surface area contributed by atoms with Gasteiger partial charge in [0.25, 0.3) is 0 Å². The van der Waals surface area contributed by atoms with E-state index in [-0.39, 0.29) is 5.69 Å². The third-order valence-corrected chi connectivity index (χ3v) is 3.15. The molecule has 5 nitrogen and oxygen atoms in total. The topological polar surface area (TPSA) is 67.1 Å². The molecular weight excluding hydrogens is 230 g/mol. The SMILES string of the molecule is Cc1cc(C(=O)O)nn1-c1ccc2c(c1)NCC2. The first kappa shape index (κ1) is 10.8. The van der Waals surface area contributed by atoms with E-state index in [2.05, 4.69) is 16.5 Å². The van der Waals surface area contributed by atoms with E-state index in [9.17, 15) is 4.79 Å². The minimum Gasteiger partial charge on any atom is -0.476 e. The van der Waals surface area contributed by atoms with Crippen molar-refractivity contribution < 1.29 is 9.90 Å². The van der Waals surface area contributed by atoms with Crippen LogP contribution in [0.25, 0.3) is 5.69 Å². The molecule has 0 saturated carbocycles. The fourth-order valence-electron chi connectivity index (χ4n) is 2.25. The highest BCUT2D eigenvalue weighted by atomic mass is 16.4. The second-order valence-electron chi connectivity index (χ2n) is 4.41. The summed E-state index contributed by atoms with van der Waals surface area (Å²) in [5.74, 6) is -1.00. The molecule has 1 aromatic carbocycles. The van der Waals surface area contributed by atoms with Gasteiger partial charge in [-0.3, -0.25) is 0 Å². The Kier molecular flexibility index (Phi) is 2.33. The summed E-state index contributed by atoms with van der Waals surface area (Å²) in [6, 6.07) is 7.61. The van der Waals surface area contributed by atoms with Crippen LogP contribution in [0, 0.1) is 6.92 Å². The van der Waals surface area contributed by atoms with Crippen LogP contribution in [0.3, 0.4) is 0 Å². The average Bonchev–Trinajstić information content (AvgIpc) is 2.93. The van der Waals surface area contributed by atoms with Crippen LogP contribution in [0.4, 0.5) is 5.69 Å². The lowest BCUT2D eigenvalue weighted by atomic mass is 10.1. The maximum absolute atomic E-state index is 10.9. The van der Waals surface area contributed by atoms with Crippen LogP contribution in [0.15, 0.2) is 24.3 Å². The molecule has 18 heavy (non-hydrogen) atoms. The number of benzene rings is 1. The molecule has 0 atom stereocenters. The molecule has 1 aromatic heterocycles. The van der Waals surface area contributed by atoms with E-state index in [0.29, 0.717) is 0 Å². The minimum absolute atomic E-state index is 0.0703. The molecule has 5 heteroatoms. The molecule has 1 aliphatic rings. The van der Waals surface area contributed by atoms with Crippen molar-refractivity contribution in [3.63, 3.8) is 0 Å². The summed E-state index contributed by atoms with van der Waals surface area (Å²) in [5, 5.41) is 16.3. The molecule has 0 spiro atoms. The van der Waals surface area contributed by atoms with Gasteiger partial charge >= 0.3 is 5.97 Å². The molecule has 0 saturated heterocycles. The second kappa shape index (κ2) is 3.87. The van der Waals surface area contributed by atoms with Crippen molar-refractivity contribution in [3.05, 3.63) is 41.2 Å². The number of nitrogens with one attached hydrogen (secondary N) is 1. The van der Waals surface area contributed by atoms with Gasteiger partial charge in [0.1, 0.15) is 0 Å². The van der Waals surface area contributed by atoms with E-state index < -0.39 is 5.97 Å². The number of aryl methyl sites for hydroxylation is 1. The number of carbonyl (C=O) groups is 1. The Morgan fingerprint density at radius 1 is 1.44 bits per heavy atom. The summed E-state index contributed by atoms with van der Waals surface area (Å²) in [6.45, 7) is 2.80. The van der Waals surface area contributed by atoms with Crippen molar-refractivity contribution in [2.45, 2.75) is 13.3 Å². The van der Waals surface area contributed by atoms with Gasteiger partial charge < -0.3 is 10.4 Å². The number of hydrogen-bond donors (Lipinski definition) is 2. The van der Waals surface area contributed by atoms with Gasteiger partial charge in [0.05, 0.1) is 5.69 Å². The molecule has 1 aliphatic heterocycles. The molecule has 2 heterocycles. The third kappa shape index (κ3) is 1.64. The maximum atomic E-state index is 10.9. The Balaban J connectivity index is 2.07. The monoisotopic (exact) mass is 243 g/mol. The van der Waals surface area contributed by atoms with Gasteiger partial charge in [-0.25, -0.2) is 9.48 Å². The fraction of sp³-hybridized carbons (Fsp3) is 0.231. The number of fused-ring (bicyclic) bond motifs is 1. The predicted molar refractivity (Wildman–Crippen MR) is 67.5 cm³/mol. The van der Waals surface area contributed by atoms with Crippen LogP contribution in [-0.2, 0) is 6.42 Å². The number of hydrogen-bond acceptors (Lipinski definition) is 3. The number of anilines is 1. The Labute approximate surface area is 104 Å². The summed E-state index contributed by atoms with van der Waals surface area (Å²) in [4.78, 5) is 10.9. The molecule has 0 fully saturated rings. The molecule has 92 valence electrons. The van der Waals surface area contributed by atoms with Crippen LogP contribution in [-0.4, -0.2) is 27.4 Å². The second-order valence-corrected chi connectivity index (χ2v) is 4.41. The van der Waals surface area contributed by atoms with Gasteiger partial charge in [-0.05, 0) is 37.1 Å². The number of carboxylic acids is 1. The number of aromatic nitrogens is 2. The fourth-order valence-corrected chi connectivity index (χ4v) is 2.25. The van der Waals surface area contributed by atoms with E-state index in [1.807, 2.05) is 19.1 Å². The van der Waals surface area contributed by atoms with Gasteiger partial charge in [0, 0.05) is 17.9 Å². The largest absolute Gasteiger partial charge is 0.476 e. The molecule has 2 aromatic rings. The smallest absolute Gasteiger partial charge is 0.356 e. The summed E-state index contributed by atoms with van der Waals surface area (Å²) in [7, 11) is 0. The van der Waals surface area contributed by atoms with Crippen molar-refractivity contribution in [1.29, 1.82) is 0 Å². The van der Waals surface area contributed by atoms with E-state index in [1.54, 1.807) is 10.7 Å². The Morgan fingerprint density at radius 2 is 2.28 bits per heavy atom. The first-order chi connectivity index (χ1) is 8.65. The Bertz CT molecular complexity index is 631. The van der Waals surface area contributed by atoms with Gasteiger partial charge in [-0.2, -0.15) is 5.10 Å². The van der Waals surface area contributed by atoms with E-state index in [0.717, 1.165) is 30.0 Å². The lowest BCUT2D eigenvalue weighted by Crippen LogP contribution is -2.02. The van der Waals surface area contributed by atoms with Crippen LogP contribution in [0.1, 0.15) is 21.7 Å². The zero-order chi connectivity index (χ0) is 12.7. The van der Waals surface area contributed by atoms with Crippen LogP contribution in [0.5, 0.6) is 0 Å². The summed E-state index contributed by atoms with van der Waals surface area (Å²) < 4.78 is 1.66. The van der Waals surface area contributed by atoms with Crippen LogP contribution < -0.4 is 5.32 Å². The highest BCUT2D eigenvalue weighted by Gasteiger charge is 2.14. The molecular formula is C13H13N3O2. The normalized spacial score (nSPS) is 13.2. The number of carboxylic acid groups (broad SMARTS) is 1. The van der Waals surface area contributed by atoms with Crippen molar-refractivity contribution in [1.82, 2.24) is 9.78 Å². The summed E-state index contributed by atoms with van der Waals surface area (Å²) >= 11 is 0. The number of nitrogens with zero attached hydrogens (tertiary/aromatic N) is 2. The van der Waals surface area contributed by atoms with Crippen LogP contribution in [0.2, 0.25) is 0 Å². The third-order valence-electron chi connectivity index (χ3n) is 3.15. The molecule has 0 unspecified atom stereocenters. The lowest BCUT2D eigenvalue weighted by Gasteiger charge is -2.07. The first-order valence-corrected chi connectivity index (χ1v) is 5.82. The lowest BCUT2D eigenvalue weighted by molar-refractivity contribution is 0.0690. The predicted octanol–water partition coefficient (Wildman–Crippen LogP) is 1.85. The van der Waals surface area contributed by atoms with Crippen molar-refractivity contribution in [2.75, 3.05) is 11.9 Å². The van der Waals surface area contributed by atoms with Crippen molar-refractivity contribution >= 4 is 11.7 Å². The van der Waals surface area contributed by atoms with Gasteiger partial charge in [0.2, 0.25) is 0 Å². The summed E-state index contributed by atoms with van der Waals surface area (Å²) in [6.07, 6.45) is 1.04. The molecule has 2 N–H and O–H groups in total. The standard InChI is InChI=1S/C13H13N3O2/c1-8-6-12(13(17)18)15-16(8)10-3-2-9-4-5-14-11(9)7-10/h2-3,6-7,14H,4-5H2,1H3,(H,17,18). The zero-order valence-corrected chi connectivity index (χ0v) is 9.97. The highest BCUT2D eigenvalue weighted by molar-refractivity contribution is 5.85. The Hall–Kier alpha value is -2.30. The van der Waals surface area contributed by atoms with Crippen LogP contribution >= 0.6 is 0 Å². The van der Waals surface area contributed by atoms with Crippen molar-refractivity contribution in [3.8, 4) is 5.69 Å².